The normalized spacial score (nSPS) is 13.3. The van der Waals surface area contributed by atoms with Gasteiger partial charge >= 0.3 is 5.97 Å². The Morgan fingerprint density at radius 2 is 2.17 bits per heavy atom. The molecular weight excluding hydrogens is 328 g/mol. The smallest absolute Gasteiger partial charge is 0.305 e. The second-order valence-corrected chi connectivity index (χ2v) is 6.75. The predicted molar refractivity (Wildman–Crippen MR) is 92.3 cm³/mol. The number of carboxylic acid groups (broad SMARTS) is 1. The second kappa shape index (κ2) is 7.55. The molecule has 0 radical (unpaired) electrons. The van der Waals surface area contributed by atoms with Crippen LogP contribution in [0.2, 0.25) is 0 Å². The largest absolute Gasteiger partial charge is 0.481 e. The summed E-state index contributed by atoms with van der Waals surface area (Å²) < 4.78 is 5.05. The van der Waals surface area contributed by atoms with Crippen molar-refractivity contribution in [2.24, 2.45) is 0 Å². The summed E-state index contributed by atoms with van der Waals surface area (Å²) in [5, 5.41) is 14.6. The molecule has 7 heteroatoms. The summed E-state index contributed by atoms with van der Waals surface area (Å²) in [6, 6.07) is 7.11. The molecule has 0 spiro atoms. The Bertz CT molecular complexity index is 744. The number of hydrogen-bond acceptors (Lipinski definition) is 5. The Labute approximate surface area is 144 Å². The van der Waals surface area contributed by atoms with Gasteiger partial charge in [0.1, 0.15) is 5.01 Å². The Balaban J connectivity index is 2.21. The maximum absolute atomic E-state index is 12.5. The van der Waals surface area contributed by atoms with Gasteiger partial charge in [-0.15, -0.1) is 11.3 Å². The fraction of sp³-hybridized carbons (Fsp3) is 0.353. The number of amides is 1. The highest BCUT2D eigenvalue weighted by atomic mass is 32.1. The first-order valence-corrected chi connectivity index (χ1v) is 8.27. The number of carbonyl (C=O) groups is 2. The molecule has 0 aliphatic heterocycles. The number of carbonyl (C=O) groups excluding carboxylic acids is 1. The van der Waals surface area contributed by atoms with Crippen LogP contribution >= 0.6 is 11.3 Å². The molecule has 1 amide bonds. The van der Waals surface area contributed by atoms with Crippen molar-refractivity contribution in [1.82, 2.24) is 10.3 Å². The van der Waals surface area contributed by atoms with Gasteiger partial charge in [-0.25, -0.2) is 4.98 Å². The molecule has 2 aromatic rings. The average Bonchev–Trinajstić information content (AvgIpc) is 2.93. The molecule has 2 rings (SSSR count). The lowest BCUT2D eigenvalue weighted by Crippen LogP contribution is -2.50. The van der Waals surface area contributed by atoms with Crippen LogP contribution in [0, 0.1) is 6.92 Å². The lowest BCUT2D eigenvalue weighted by molar-refractivity contribution is -0.139. The second-order valence-electron chi connectivity index (χ2n) is 5.89. The van der Waals surface area contributed by atoms with Crippen molar-refractivity contribution in [3.63, 3.8) is 0 Å². The molecule has 24 heavy (non-hydrogen) atoms. The molecule has 1 aromatic carbocycles. The van der Waals surface area contributed by atoms with Crippen molar-refractivity contribution >= 4 is 23.2 Å². The van der Waals surface area contributed by atoms with Gasteiger partial charge in [0.15, 0.2) is 0 Å². The lowest BCUT2D eigenvalue weighted by Gasteiger charge is -2.28. The van der Waals surface area contributed by atoms with Crippen LogP contribution < -0.4 is 5.32 Å². The standard InChI is InChI=1S/C17H20N2O4S/c1-11-9-24-16(18-11)13-6-4-5-12(7-13)15(22)19-17(2,10-23-3)8-14(20)21/h4-7,9H,8,10H2,1-3H3,(H,19,22)(H,20,21). The van der Waals surface area contributed by atoms with Gasteiger partial charge in [0.2, 0.25) is 0 Å². The molecule has 0 saturated heterocycles. The molecule has 6 nitrogen and oxygen atoms in total. The molecule has 0 fully saturated rings. The molecule has 0 aliphatic carbocycles. The maximum atomic E-state index is 12.5. The van der Waals surface area contributed by atoms with Gasteiger partial charge in [-0.1, -0.05) is 12.1 Å². The highest BCUT2D eigenvalue weighted by Crippen LogP contribution is 2.24. The molecule has 0 aliphatic rings. The molecule has 1 aromatic heterocycles. The zero-order chi connectivity index (χ0) is 17.7. The minimum atomic E-state index is -0.998. The number of rotatable bonds is 7. The highest BCUT2D eigenvalue weighted by molar-refractivity contribution is 7.13. The first-order chi connectivity index (χ1) is 11.3. The van der Waals surface area contributed by atoms with Gasteiger partial charge in [0, 0.05) is 29.3 Å². The number of aryl methyl sites for hydroxylation is 1. The number of nitrogens with one attached hydrogen (secondary N) is 1. The van der Waals surface area contributed by atoms with Crippen molar-refractivity contribution in [3.8, 4) is 10.6 Å². The van der Waals surface area contributed by atoms with E-state index in [2.05, 4.69) is 10.3 Å². The third-order valence-corrected chi connectivity index (χ3v) is 4.42. The first kappa shape index (κ1) is 18.1. The van der Waals surface area contributed by atoms with Crippen LogP contribution in [0.5, 0.6) is 0 Å². The third kappa shape index (κ3) is 4.62. The van der Waals surface area contributed by atoms with Crippen LogP contribution in [0.1, 0.15) is 29.4 Å². The molecule has 1 unspecified atom stereocenters. The Hall–Kier alpha value is -2.25. The summed E-state index contributed by atoms with van der Waals surface area (Å²) in [5.74, 6) is -1.34. The molecule has 1 atom stereocenters. The number of aromatic nitrogens is 1. The molecule has 0 bridgehead atoms. The van der Waals surface area contributed by atoms with E-state index in [4.69, 9.17) is 9.84 Å². The maximum Gasteiger partial charge on any atom is 0.305 e. The van der Waals surface area contributed by atoms with Crippen LogP contribution in [-0.4, -0.2) is 41.2 Å². The van der Waals surface area contributed by atoms with E-state index in [0.717, 1.165) is 16.3 Å². The van der Waals surface area contributed by atoms with Crippen molar-refractivity contribution in [1.29, 1.82) is 0 Å². The summed E-state index contributed by atoms with van der Waals surface area (Å²) in [7, 11) is 1.47. The summed E-state index contributed by atoms with van der Waals surface area (Å²) in [6.07, 6.45) is -0.224. The zero-order valence-corrected chi connectivity index (χ0v) is 14.6. The van der Waals surface area contributed by atoms with Gasteiger partial charge in [0.05, 0.1) is 18.6 Å². The number of aliphatic carboxylic acids is 1. The minimum absolute atomic E-state index is 0.108. The van der Waals surface area contributed by atoms with Crippen LogP contribution in [0.4, 0.5) is 0 Å². The van der Waals surface area contributed by atoms with E-state index >= 15 is 0 Å². The SMILES string of the molecule is COCC(C)(CC(=O)O)NC(=O)c1cccc(-c2nc(C)cs2)c1. The minimum Gasteiger partial charge on any atom is -0.481 e. The van der Waals surface area contributed by atoms with E-state index in [9.17, 15) is 9.59 Å². The molecular formula is C17H20N2O4S. The monoisotopic (exact) mass is 348 g/mol. The summed E-state index contributed by atoms with van der Waals surface area (Å²) in [5.41, 5.74) is 1.25. The van der Waals surface area contributed by atoms with E-state index < -0.39 is 11.5 Å². The lowest BCUT2D eigenvalue weighted by atomic mass is 9.98. The van der Waals surface area contributed by atoms with Crippen molar-refractivity contribution < 1.29 is 19.4 Å². The quantitative estimate of drug-likeness (QED) is 0.803. The van der Waals surface area contributed by atoms with Crippen LogP contribution in [0.15, 0.2) is 29.6 Å². The number of nitrogens with zero attached hydrogens (tertiary/aromatic N) is 1. The number of thiazole rings is 1. The molecule has 2 N–H and O–H groups in total. The number of ether oxygens (including phenoxy) is 1. The van der Waals surface area contributed by atoms with Gasteiger partial charge in [-0.2, -0.15) is 0 Å². The number of hydrogen-bond donors (Lipinski definition) is 2. The predicted octanol–water partition coefficient (Wildman–Crippen LogP) is 2.73. The fourth-order valence-corrected chi connectivity index (χ4v) is 3.20. The first-order valence-electron chi connectivity index (χ1n) is 7.39. The van der Waals surface area contributed by atoms with E-state index in [1.807, 2.05) is 18.4 Å². The van der Waals surface area contributed by atoms with Crippen LogP contribution in [0.3, 0.4) is 0 Å². The molecule has 1 heterocycles. The number of benzene rings is 1. The molecule has 128 valence electrons. The fourth-order valence-electron chi connectivity index (χ4n) is 2.41. The van der Waals surface area contributed by atoms with Gasteiger partial charge in [0.25, 0.3) is 5.91 Å². The van der Waals surface area contributed by atoms with Crippen molar-refractivity contribution in [3.05, 3.63) is 40.9 Å². The highest BCUT2D eigenvalue weighted by Gasteiger charge is 2.30. The zero-order valence-electron chi connectivity index (χ0n) is 13.8. The van der Waals surface area contributed by atoms with Crippen molar-refractivity contribution in [2.75, 3.05) is 13.7 Å². The van der Waals surface area contributed by atoms with Gasteiger partial charge in [-0.3, -0.25) is 9.59 Å². The molecule has 0 saturated carbocycles. The van der Waals surface area contributed by atoms with E-state index in [-0.39, 0.29) is 18.9 Å². The number of carboxylic acids is 1. The van der Waals surface area contributed by atoms with E-state index in [1.165, 1.54) is 18.4 Å². The Morgan fingerprint density at radius 3 is 2.75 bits per heavy atom. The van der Waals surface area contributed by atoms with Gasteiger partial charge < -0.3 is 15.2 Å². The van der Waals surface area contributed by atoms with Crippen LogP contribution in [-0.2, 0) is 9.53 Å². The summed E-state index contributed by atoms with van der Waals surface area (Å²) >= 11 is 1.51. The topological polar surface area (TPSA) is 88.5 Å². The van der Waals surface area contributed by atoms with Crippen LogP contribution in [0.25, 0.3) is 10.6 Å². The van der Waals surface area contributed by atoms with Crippen molar-refractivity contribution in [2.45, 2.75) is 25.8 Å². The Kier molecular flexibility index (Phi) is 5.69. The number of methoxy groups -OCH3 is 1. The summed E-state index contributed by atoms with van der Waals surface area (Å²) in [6.45, 7) is 3.67. The summed E-state index contributed by atoms with van der Waals surface area (Å²) in [4.78, 5) is 28.0. The van der Waals surface area contributed by atoms with E-state index in [1.54, 1.807) is 25.1 Å². The average molecular weight is 348 g/mol. The Morgan fingerprint density at radius 1 is 1.42 bits per heavy atom. The third-order valence-electron chi connectivity index (χ3n) is 3.41. The van der Waals surface area contributed by atoms with Gasteiger partial charge in [-0.05, 0) is 26.0 Å². The van der Waals surface area contributed by atoms with E-state index in [0.29, 0.717) is 5.56 Å².